The van der Waals surface area contributed by atoms with E-state index in [9.17, 15) is 5.11 Å². The second-order valence-electron chi connectivity index (χ2n) is 13.0. The van der Waals surface area contributed by atoms with Gasteiger partial charge in [-0.25, -0.2) is 0 Å². The highest BCUT2D eigenvalue weighted by Crippen LogP contribution is 2.67. The smallest absolute Gasteiger partial charge is 0.0577 e. The summed E-state index contributed by atoms with van der Waals surface area (Å²) in [5.41, 5.74) is 2.52. The summed E-state index contributed by atoms with van der Waals surface area (Å²) in [5.74, 6) is 5.87. The van der Waals surface area contributed by atoms with E-state index in [2.05, 4.69) is 59.8 Å². The fraction of sp³-hybridized carbons (Fsp3) is 0.867. The van der Waals surface area contributed by atoms with Crippen molar-refractivity contribution in [2.24, 2.45) is 52.3 Å². The predicted octanol–water partition coefficient (Wildman–Crippen LogP) is 8.19. The molecule has 3 fully saturated rings. The lowest BCUT2D eigenvalue weighted by molar-refractivity contribution is -0.0540. The number of aliphatic hydroxyl groups excluding tert-OH is 1. The molecule has 176 valence electrons. The largest absolute Gasteiger partial charge is 0.393 e. The van der Waals surface area contributed by atoms with Gasteiger partial charge < -0.3 is 5.11 Å². The van der Waals surface area contributed by atoms with Gasteiger partial charge in [0.05, 0.1) is 6.10 Å². The van der Waals surface area contributed by atoms with E-state index < -0.39 is 0 Å². The van der Waals surface area contributed by atoms with Crippen LogP contribution in [0, 0.1) is 52.3 Å². The van der Waals surface area contributed by atoms with Gasteiger partial charge in [-0.2, -0.15) is 0 Å². The highest BCUT2D eigenvalue weighted by molar-refractivity contribution is 5.25. The average Bonchev–Trinajstić information content (AvgIpc) is 3.08. The van der Waals surface area contributed by atoms with Crippen LogP contribution in [-0.2, 0) is 0 Å². The Kier molecular flexibility index (Phi) is 6.85. The monoisotopic (exact) mass is 426 g/mol. The molecule has 0 amide bonds. The third kappa shape index (κ3) is 4.22. The molecule has 0 aliphatic heterocycles. The van der Waals surface area contributed by atoms with E-state index in [-0.39, 0.29) is 6.10 Å². The van der Waals surface area contributed by atoms with Crippen LogP contribution in [0.3, 0.4) is 0 Å². The van der Waals surface area contributed by atoms with Crippen molar-refractivity contribution in [2.45, 2.75) is 112 Å². The molecule has 4 aliphatic carbocycles. The zero-order valence-corrected chi connectivity index (χ0v) is 21.4. The molecule has 1 heteroatoms. The Morgan fingerprint density at radius 1 is 1.03 bits per heavy atom. The first-order valence-corrected chi connectivity index (χ1v) is 13.7. The third-order valence-electron chi connectivity index (χ3n) is 11.2. The fourth-order valence-electron chi connectivity index (χ4n) is 8.68. The van der Waals surface area contributed by atoms with Gasteiger partial charge in [-0.1, -0.05) is 65.3 Å². The fourth-order valence-corrected chi connectivity index (χ4v) is 8.68. The maximum Gasteiger partial charge on any atom is 0.0577 e. The number of fused-ring (bicyclic) bond motifs is 5. The van der Waals surface area contributed by atoms with Crippen LogP contribution in [0.15, 0.2) is 23.8 Å². The third-order valence-corrected chi connectivity index (χ3v) is 11.2. The van der Waals surface area contributed by atoms with Crippen LogP contribution in [0.25, 0.3) is 0 Å². The van der Waals surface area contributed by atoms with E-state index in [0.29, 0.717) is 10.8 Å². The molecule has 31 heavy (non-hydrogen) atoms. The Balaban J connectivity index is 1.43. The molecule has 0 heterocycles. The van der Waals surface area contributed by atoms with Crippen LogP contribution in [0.5, 0.6) is 0 Å². The van der Waals surface area contributed by atoms with Crippen LogP contribution in [0.2, 0.25) is 0 Å². The van der Waals surface area contributed by atoms with E-state index >= 15 is 0 Å². The SMILES string of the molecule is CC(C)C(C)CCC=CC(C)C1CCC2C3CC=C4CC(O)CCC4(C)C3CCC12C. The molecule has 0 radical (unpaired) electrons. The molecule has 0 spiro atoms. The maximum atomic E-state index is 10.2. The summed E-state index contributed by atoms with van der Waals surface area (Å²) in [5, 5.41) is 10.2. The minimum atomic E-state index is -0.0863. The van der Waals surface area contributed by atoms with Gasteiger partial charge in [-0.15, -0.1) is 0 Å². The number of hydrogen-bond donors (Lipinski definition) is 1. The molecule has 0 aromatic carbocycles. The van der Waals surface area contributed by atoms with Gasteiger partial charge in [0, 0.05) is 0 Å². The summed E-state index contributed by atoms with van der Waals surface area (Å²) in [6, 6.07) is 0. The number of allylic oxidation sites excluding steroid dienone is 3. The predicted molar refractivity (Wildman–Crippen MR) is 133 cm³/mol. The van der Waals surface area contributed by atoms with Crippen molar-refractivity contribution in [2.75, 3.05) is 0 Å². The Labute approximate surface area is 193 Å². The standard InChI is InChI=1S/C30H50O/c1-20(2)21(3)9-7-8-10-22(4)26-13-14-27-25-12-11-23-19-24(31)15-17-29(23,5)28(25)16-18-30(26,27)6/h8,10-11,20-22,24-28,31H,7,9,12-19H2,1-6H3. The van der Waals surface area contributed by atoms with Crippen molar-refractivity contribution in [3.05, 3.63) is 23.8 Å². The summed E-state index contributed by atoms with van der Waals surface area (Å²) in [6.45, 7) is 14.8. The van der Waals surface area contributed by atoms with Gasteiger partial charge >= 0.3 is 0 Å². The summed E-state index contributed by atoms with van der Waals surface area (Å²) >= 11 is 0. The lowest BCUT2D eigenvalue weighted by atomic mass is 9.47. The first-order chi connectivity index (χ1) is 14.7. The summed E-state index contributed by atoms with van der Waals surface area (Å²) < 4.78 is 0. The van der Waals surface area contributed by atoms with Crippen LogP contribution >= 0.6 is 0 Å². The van der Waals surface area contributed by atoms with Gasteiger partial charge in [0.25, 0.3) is 0 Å². The van der Waals surface area contributed by atoms with Crippen LogP contribution < -0.4 is 0 Å². The molecule has 0 bridgehead atoms. The molecule has 4 rings (SSSR count). The Hall–Kier alpha value is -0.560. The Bertz CT molecular complexity index is 689. The Morgan fingerprint density at radius 2 is 1.81 bits per heavy atom. The average molecular weight is 427 g/mol. The van der Waals surface area contributed by atoms with Crippen LogP contribution in [0.4, 0.5) is 0 Å². The highest BCUT2D eigenvalue weighted by atomic mass is 16.3. The van der Waals surface area contributed by atoms with E-state index in [1.54, 1.807) is 5.57 Å². The van der Waals surface area contributed by atoms with Crippen molar-refractivity contribution in [1.29, 1.82) is 0 Å². The highest BCUT2D eigenvalue weighted by Gasteiger charge is 2.58. The summed E-state index contributed by atoms with van der Waals surface area (Å²) in [7, 11) is 0. The molecular formula is C30H50O. The van der Waals surface area contributed by atoms with E-state index in [0.717, 1.165) is 54.3 Å². The minimum Gasteiger partial charge on any atom is -0.393 e. The number of aliphatic hydroxyl groups is 1. The van der Waals surface area contributed by atoms with Crippen LogP contribution in [0.1, 0.15) is 106 Å². The molecule has 1 nitrogen and oxygen atoms in total. The second kappa shape index (κ2) is 9.00. The molecule has 9 atom stereocenters. The topological polar surface area (TPSA) is 20.2 Å². The minimum absolute atomic E-state index is 0.0863. The summed E-state index contributed by atoms with van der Waals surface area (Å²) in [4.78, 5) is 0. The zero-order chi connectivity index (χ0) is 22.4. The molecule has 9 unspecified atom stereocenters. The van der Waals surface area contributed by atoms with Crippen LogP contribution in [-0.4, -0.2) is 11.2 Å². The number of hydrogen-bond acceptors (Lipinski definition) is 1. The normalized spacial score (nSPS) is 44.5. The summed E-state index contributed by atoms with van der Waals surface area (Å²) in [6.07, 6.45) is 20.4. The van der Waals surface area contributed by atoms with E-state index in [1.807, 2.05) is 0 Å². The van der Waals surface area contributed by atoms with Crippen molar-refractivity contribution in [3.63, 3.8) is 0 Å². The second-order valence-corrected chi connectivity index (χ2v) is 13.0. The molecule has 3 saturated carbocycles. The van der Waals surface area contributed by atoms with Crippen molar-refractivity contribution >= 4 is 0 Å². The molecule has 1 N–H and O–H groups in total. The van der Waals surface area contributed by atoms with Gasteiger partial charge in [-0.3, -0.25) is 0 Å². The van der Waals surface area contributed by atoms with Gasteiger partial charge in [-0.05, 0) is 116 Å². The molecule has 0 aromatic rings. The number of rotatable bonds is 6. The molecule has 0 saturated heterocycles. The van der Waals surface area contributed by atoms with Crippen molar-refractivity contribution < 1.29 is 5.11 Å². The molecule has 0 aromatic heterocycles. The van der Waals surface area contributed by atoms with Gasteiger partial charge in [0.15, 0.2) is 0 Å². The van der Waals surface area contributed by atoms with Gasteiger partial charge in [0.2, 0.25) is 0 Å². The maximum absolute atomic E-state index is 10.2. The zero-order valence-electron chi connectivity index (χ0n) is 21.4. The lowest BCUT2D eigenvalue weighted by Gasteiger charge is -2.58. The Morgan fingerprint density at radius 3 is 2.55 bits per heavy atom. The van der Waals surface area contributed by atoms with E-state index in [1.165, 1.54) is 51.4 Å². The van der Waals surface area contributed by atoms with Gasteiger partial charge in [0.1, 0.15) is 0 Å². The lowest BCUT2D eigenvalue weighted by Crippen LogP contribution is -2.50. The molecular weight excluding hydrogens is 376 g/mol. The first-order valence-electron chi connectivity index (χ1n) is 13.7. The first kappa shape index (κ1) is 23.6. The van der Waals surface area contributed by atoms with E-state index in [4.69, 9.17) is 0 Å². The van der Waals surface area contributed by atoms with Crippen molar-refractivity contribution in [1.82, 2.24) is 0 Å². The quantitative estimate of drug-likeness (QED) is 0.424. The van der Waals surface area contributed by atoms with Crippen molar-refractivity contribution in [3.8, 4) is 0 Å². The molecule has 4 aliphatic rings.